The normalized spacial score (nSPS) is 16.1. The second kappa shape index (κ2) is 11.1. The zero-order chi connectivity index (χ0) is 24.1. The van der Waals surface area contributed by atoms with Crippen LogP contribution in [0, 0.1) is 12.8 Å². The van der Waals surface area contributed by atoms with Crippen LogP contribution < -0.4 is 4.74 Å². The molecule has 0 unspecified atom stereocenters. The summed E-state index contributed by atoms with van der Waals surface area (Å²) in [6, 6.07) is 16.8. The zero-order valence-corrected chi connectivity index (χ0v) is 20.9. The highest BCUT2D eigenvalue weighted by Gasteiger charge is 2.30. The minimum atomic E-state index is 0.315. The van der Waals surface area contributed by atoms with E-state index in [9.17, 15) is 5.11 Å². The molecule has 0 radical (unpaired) electrons. The van der Waals surface area contributed by atoms with Crippen molar-refractivity contribution >= 4 is 0 Å². The lowest BCUT2D eigenvalue weighted by atomic mass is 9.84. The number of phenols is 1. The maximum atomic E-state index is 10.4. The van der Waals surface area contributed by atoms with Gasteiger partial charge < -0.3 is 9.84 Å². The van der Waals surface area contributed by atoms with Crippen LogP contribution in [0.2, 0.25) is 0 Å². The van der Waals surface area contributed by atoms with Crippen LogP contribution in [0.4, 0.5) is 0 Å². The second-order valence-electron chi connectivity index (χ2n) is 9.66. The van der Waals surface area contributed by atoms with Crippen LogP contribution >= 0.6 is 0 Å². The molecule has 1 saturated heterocycles. The highest BCUT2D eigenvalue weighted by Crippen LogP contribution is 2.32. The molecule has 1 N–H and O–H groups in total. The number of nitrogens with zero attached hydrogens (tertiary/aromatic N) is 4. The van der Waals surface area contributed by atoms with Crippen LogP contribution in [0.3, 0.4) is 0 Å². The van der Waals surface area contributed by atoms with E-state index in [1.54, 1.807) is 13.2 Å². The maximum Gasteiger partial charge on any atom is 0.127 e. The van der Waals surface area contributed by atoms with Crippen molar-refractivity contribution in [2.24, 2.45) is 13.0 Å². The molecule has 0 amide bonds. The van der Waals surface area contributed by atoms with Crippen LogP contribution in [0.15, 0.2) is 54.7 Å². The van der Waals surface area contributed by atoms with Gasteiger partial charge in [0, 0.05) is 43.5 Å². The Bertz CT molecular complexity index is 1060. The number of aryl methyl sites for hydroxylation is 2. The number of phenolic OH excluding ortho intramolecular Hbond substituents is 1. The highest BCUT2D eigenvalue weighted by molar-refractivity contribution is 5.43. The number of hydrogen-bond acceptors (Lipinski definition) is 5. The average Bonchev–Trinajstić information content (AvgIpc) is 3.16. The molecule has 2 heterocycles. The molecular weight excluding hydrogens is 424 g/mol. The predicted molar refractivity (Wildman–Crippen MR) is 136 cm³/mol. The van der Waals surface area contributed by atoms with E-state index in [2.05, 4.69) is 65.4 Å². The molecule has 0 spiro atoms. The molecule has 0 aliphatic carbocycles. The topological polar surface area (TPSA) is 53.8 Å². The van der Waals surface area contributed by atoms with E-state index in [1.807, 2.05) is 23.9 Å². The number of methoxy groups -OCH3 is 1. The first kappa shape index (κ1) is 24.3. The Balaban J connectivity index is 1.45. The third-order valence-electron chi connectivity index (χ3n) is 7.28. The Morgan fingerprint density at radius 3 is 2.50 bits per heavy atom. The predicted octanol–water partition coefficient (Wildman–Crippen LogP) is 4.40. The lowest BCUT2D eigenvalue weighted by Gasteiger charge is -2.40. The van der Waals surface area contributed by atoms with Gasteiger partial charge in [0.05, 0.1) is 12.8 Å². The SMILES string of the molecule is COc1cccc(O)c1CN1CCC([C@H](Cc2ccccc2)N(C)Cc2cn(C)nc2C)CC1. The third kappa shape index (κ3) is 5.80. The van der Waals surface area contributed by atoms with Gasteiger partial charge in [0.2, 0.25) is 0 Å². The van der Waals surface area contributed by atoms with Crippen molar-refractivity contribution in [3.8, 4) is 11.5 Å². The molecule has 0 bridgehead atoms. The molecule has 3 aromatic rings. The number of likely N-dealkylation sites (N-methyl/N-ethyl adjacent to an activating group) is 1. The minimum absolute atomic E-state index is 0.315. The fourth-order valence-electron chi connectivity index (χ4n) is 5.35. The molecule has 0 saturated carbocycles. The number of ether oxygens (including phenoxy) is 1. The molecule has 1 aliphatic rings. The number of aromatic hydroxyl groups is 1. The summed E-state index contributed by atoms with van der Waals surface area (Å²) in [6.07, 6.45) is 5.48. The van der Waals surface area contributed by atoms with Crippen molar-refractivity contribution < 1.29 is 9.84 Å². The van der Waals surface area contributed by atoms with E-state index in [4.69, 9.17) is 4.74 Å². The van der Waals surface area contributed by atoms with E-state index < -0.39 is 0 Å². The van der Waals surface area contributed by atoms with Crippen molar-refractivity contribution in [2.45, 2.75) is 45.3 Å². The first-order valence-corrected chi connectivity index (χ1v) is 12.2. The van der Waals surface area contributed by atoms with E-state index in [-0.39, 0.29) is 0 Å². The molecule has 1 atom stereocenters. The molecule has 1 aromatic heterocycles. The Hall–Kier alpha value is -2.83. The first-order chi connectivity index (χ1) is 16.4. The minimum Gasteiger partial charge on any atom is -0.507 e. The van der Waals surface area contributed by atoms with Crippen LogP contribution in [-0.4, -0.2) is 58.0 Å². The summed E-state index contributed by atoms with van der Waals surface area (Å²) >= 11 is 0. The fourth-order valence-corrected chi connectivity index (χ4v) is 5.35. The van der Waals surface area contributed by atoms with Gasteiger partial charge in [-0.05, 0) is 69.9 Å². The van der Waals surface area contributed by atoms with Crippen LogP contribution in [0.1, 0.15) is 35.2 Å². The molecule has 6 nitrogen and oxygen atoms in total. The molecule has 182 valence electrons. The van der Waals surface area contributed by atoms with E-state index in [0.717, 1.165) is 62.4 Å². The number of piperidine rings is 1. The summed E-state index contributed by atoms with van der Waals surface area (Å²) in [5, 5.41) is 14.9. The summed E-state index contributed by atoms with van der Waals surface area (Å²) in [5.74, 6) is 1.69. The maximum absolute atomic E-state index is 10.4. The lowest BCUT2D eigenvalue weighted by Crippen LogP contribution is -2.45. The Kier molecular flexibility index (Phi) is 7.91. The van der Waals surface area contributed by atoms with Gasteiger partial charge >= 0.3 is 0 Å². The highest BCUT2D eigenvalue weighted by atomic mass is 16.5. The average molecular weight is 463 g/mol. The number of hydrogen-bond donors (Lipinski definition) is 1. The summed E-state index contributed by atoms with van der Waals surface area (Å²) in [5.41, 5.74) is 4.68. The molecule has 2 aromatic carbocycles. The number of benzene rings is 2. The van der Waals surface area contributed by atoms with Crippen molar-refractivity contribution in [3.63, 3.8) is 0 Å². The summed E-state index contributed by atoms with van der Waals surface area (Å²) < 4.78 is 7.41. The Labute approximate surface area is 203 Å². The Morgan fingerprint density at radius 1 is 1.12 bits per heavy atom. The zero-order valence-electron chi connectivity index (χ0n) is 20.9. The van der Waals surface area contributed by atoms with Crippen LogP contribution in [0.5, 0.6) is 11.5 Å². The Morgan fingerprint density at radius 2 is 1.85 bits per heavy atom. The van der Waals surface area contributed by atoms with E-state index >= 15 is 0 Å². The van der Waals surface area contributed by atoms with E-state index in [1.165, 1.54) is 11.1 Å². The fraction of sp³-hybridized carbons (Fsp3) is 0.464. The van der Waals surface area contributed by atoms with Crippen molar-refractivity contribution in [1.29, 1.82) is 0 Å². The summed E-state index contributed by atoms with van der Waals surface area (Å²) in [6.45, 7) is 5.77. The monoisotopic (exact) mass is 462 g/mol. The smallest absolute Gasteiger partial charge is 0.127 e. The van der Waals surface area contributed by atoms with Crippen molar-refractivity contribution in [2.75, 3.05) is 27.2 Å². The van der Waals surface area contributed by atoms with Gasteiger partial charge in [0.1, 0.15) is 11.5 Å². The van der Waals surface area contributed by atoms with Crippen LogP contribution in [-0.2, 0) is 26.6 Å². The van der Waals surface area contributed by atoms with E-state index in [0.29, 0.717) is 17.7 Å². The number of likely N-dealkylation sites (tertiary alicyclic amines) is 1. The third-order valence-corrected chi connectivity index (χ3v) is 7.28. The van der Waals surface area contributed by atoms with Crippen molar-refractivity contribution in [1.82, 2.24) is 19.6 Å². The first-order valence-electron chi connectivity index (χ1n) is 12.2. The van der Waals surface area contributed by atoms with Gasteiger partial charge in [-0.1, -0.05) is 36.4 Å². The molecule has 1 aliphatic heterocycles. The number of aromatic nitrogens is 2. The number of rotatable bonds is 9. The quantitative estimate of drug-likeness (QED) is 0.511. The second-order valence-corrected chi connectivity index (χ2v) is 9.66. The molecule has 6 heteroatoms. The largest absolute Gasteiger partial charge is 0.507 e. The molecule has 4 rings (SSSR count). The molecule has 34 heavy (non-hydrogen) atoms. The van der Waals surface area contributed by atoms with Gasteiger partial charge in [0.25, 0.3) is 0 Å². The lowest BCUT2D eigenvalue weighted by molar-refractivity contribution is 0.0945. The van der Waals surface area contributed by atoms with Gasteiger partial charge in [-0.2, -0.15) is 5.10 Å². The van der Waals surface area contributed by atoms with Gasteiger partial charge in [-0.3, -0.25) is 14.5 Å². The van der Waals surface area contributed by atoms with Gasteiger partial charge in [-0.15, -0.1) is 0 Å². The van der Waals surface area contributed by atoms with Gasteiger partial charge in [0.15, 0.2) is 0 Å². The molecular formula is C28H38N4O2. The molecule has 1 fully saturated rings. The van der Waals surface area contributed by atoms with Gasteiger partial charge in [-0.25, -0.2) is 0 Å². The van der Waals surface area contributed by atoms with Crippen LogP contribution in [0.25, 0.3) is 0 Å². The summed E-state index contributed by atoms with van der Waals surface area (Å²) in [4.78, 5) is 4.97. The van der Waals surface area contributed by atoms with Crippen molar-refractivity contribution in [3.05, 3.63) is 77.1 Å². The standard InChI is InChI=1S/C28H38N4O2/c1-21-24(19-31(3)29-21)18-30(2)26(17-22-9-6-5-7-10-22)23-13-15-32(16-14-23)20-25-27(33)11-8-12-28(25)34-4/h5-12,19,23,26,33H,13-18,20H2,1-4H3/t26-/m0/s1. The summed E-state index contributed by atoms with van der Waals surface area (Å²) in [7, 11) is 5.92.